The maximum absolute atomic E-state index is 5.51. The molecule has 1 heterocycles. The Morgan fingerprint density at radius 1 is 1.46 bits per heavy atom. The Bertz CT molecular complexity index is 259. The highest BCUT2D eigenvalue weighted by Crippen LogP contribution is 2.65. The molecule has 3 atom stereocenters. The first-order chi connectivity index (χ1) is 6.00. The Hall–Kier alpha value is -0.640. The zero-order chi connectivity index (χ0) is 9.80. The van der Waals surface area contributed by atoms with Crippen molar-refractivity contribution >= 4 is 0 Å². The minimum absolute atomic E-state index is 0.558. The fourth-order valence-electron chi connectivity index (χ4n) is 3.25. The molecule has 3 unspecified atom stereocenters. The van der Waals surface area contributed by atoms with Crippen LogP contribution in [0.2, 0.25) is 0 Å². The fraction of sp³-hybridized carbons (Fsp3) is 0.833. The minimum atomic E-state index is 0.558. The molecule has 1 aliphatic heterocycles. The van der Waals surface area contributed by atoms with Crippen LogP contribution in [0.5, 0.6) is 0 Å². The van der Waals surface area contributed by atoms with Crippen molar-refractivity contribution in [1.82, 2.24) is 4.90 Å². The van der Waals surface area contributed by atoms with Crippen LogP contribution in [-0.2, 0) is 0 Å². The Balaban J connectivity index is 2.18. The van der Waals surface area contributed by atoms with Gasteiger partial charge in [-0.1, -0.05) is 34.1 Å². The summed E-state index contributed by atoms with van der Waals surface area (Å²) < 4.78 is 0. The number of terminal acetylenes is 1. The van der Waals surface area contributed by atoms with Gasteiger partial charge < -0.3 is 4.90 Å². The molecule has 0 aromatic rings. The molecule has 0 amide bonds. The molecule has 0 aromatic carbocycles. The lowest BCUT2D eigenvalue weighted by molar-refractivity contribution is 0.211. The fourth-order valence-corrected chi connectivity index (χ4v) is 3.25. The predicted molar refractivity (Wildman–Crippen MR) is 54.9 cm³/mol. The van der Waals surface area contributed by atoms with Crippen molar-refractivity contribution in [3.63, 3.8) is 0 Å². The topological polar surface area (TPSA) is 3.24 Å². The molecule has 1 aliphatic carbocycles. The van der Waals surface area contributed by atoms with Gasteiger partial charge in [-0.25, -0.2) is 0 Å². The second-order valence-electron chi connectivity index (χ2n) is 5.47. The van der Waals surface area contributed by atoms with Gasteiger partial charge in [0.1, 0.15) is 0 Å². The molecule has 1 heteroatoms. The summed E-state index contributed by atoms with van der Waals surface area (Å²) in [4.78, 5) is 2.21. The third-order valence-corrected chi connectivity index (χ3v) is 4.11. The summed E-state index contributed by atoms with van der Waals surface area (Å²) in [5, 5.41) is 0. The summed E-state index contributed by atoms with van der Waals surface area (Å²) >= 11 is 0. The summed E-state index contributed by atoms with van der Waals surface area (Å²) in [5.41, 5.74) is 0.558. The Labute approximate surface area is 81.5 Å². The zero-order valence-electron chi connectivity index (χ0n) is 9.04. The minimum Gasteiger partial charge on any atom is -0.329 e. The predicted octanol–water partition coefficient (Wildman–Crippen LogP) is 2.19. The first-order valence-corrected chi connectivity index (χ1v) is 5.23. The van der Waals surface area contributed by atoms with Crippen LogP contribution in [0.4, 0.5) is 0 Å². The van der Waals surface area contributed by atoms with Gasteiger partial charge in [-0.2, -0.15) is 0 Å². The summed E-state index contributed by atoms with van der Waals surface area (Å²) in [6, 6.07) is 3.46. The van der Waals surface area contributed by atoms with E-state index in [9.17, 15) is 0 Å². The highest BCUT2D eigenvalue weighted by molar-refractivity contribution is 5.19. The number of rotatable bonds is 1. The number of piperidine rings is 1. The van der Waals surface area contributed by atoms with Gasteiger partial charge >= 0.3 is 0 Å². The maximum atomic E-state index is 5.51. The standard InChI is InChI=1S/C12H19N/c1-6-13-7-9-10(12(9,4)5)11(13)8(2)3/h1,8-11H,7H2,2-5H3. The number of nitrogens with zero attached hydrogens (tertiary/aromatic N) is 1. The number of hydrogen-bond donors (Lipinski definition) is 0. The van der Waals surface area contributed by atoms with E-state index >= 15 is 0 Å². The molecule has 1 nitrogen and oxygen atoms in total. The van der Waals surface area contributed by atoms with Gasteiger partial charge in [-0.3, -0.25) is 0 Å². The second kappa shape index (κ2) is 2.44. The van der Waals surface area contributed by atoms with Crippen LogP contribution in [0.25, 0.3) is 0 Å². The van der Waals surface area contributed by atoms with E-state index in [4.69, 9.17) is 6.42 Å². The van der Waals surface area contributed by atoms with E-state index in [1.807, 2.05) is 0 Å². The average molecular weight is 177 g/mol. The molecule has 0 aromatic heterocycles. The lowest BCUT2D eigenvalue weighted by Crippen LogP contribution is -2.36. The normalized spacial score (nSPS) is 40.3. The maximum Gasteiger partial charge on any atom is 0.0431 e. The monoisotopic (exact) mass is 177 g/mol. The highest BCUT2D eigenvalue weighted by Gasteiger charge is 2.66. The number of hydrogen-bond acceptors (Lipinski definition) is 1. The van der Waals surface area contributed by atoms with Gasteiger partial charge in [0, 0.05) is 18.6 Å². The molecule has 72 valence electrons. The molecule has 0 spiro atoms. The van der Waals surface area contributed by atoms with Gasteiger partial charge in [-0.15, -0.1) is 0 Å². The molecule has 2 aliphatic rings. The van der Waals surface area contributed by atoms with E-state index in [0.29, 0.717) is 17.4 Å². The molecule has 2 fully saturated rings. The average Bonchev–Trinajstić information content (AvgIpc) is 2.50. The van der Waals surface area contributed by atoms with Gasteiger partial charge in [-0.05, 0) is 23.2 Å². The van der Waals surface area contributed by atoms with Crippen molar-refractivity contribution in [1.29, 1.82) is 0 Å². The molecule has 1 saturated carbocycles. The first kappa shape index (κ1) is 8.94. The van der Waals surface area contributed by atoms with E-state index in [1.165, 1.54) is 0 Å². The molecular weight excluding hydrogens is 158 g/mol. The summed E-state index contributed by atoms with van der Waals surface area (Å²) in [5.74, 6) is 2.40. The number of fused-ring (bicyclic) bond motifs is 1. The third kappa shape index (κ3) is 1.01. The van der Waals surface area contributed by atoms with E-state index in [1.54, 1.807) is 0 Å². The zero-order valence-corrected chi connectivity index (χ0v) is 9.04. The van der Waals surface area contributed by atoms with Crippen molar-refractivity contribution < 1.29 is 0 Å². The lowest BCUT2D eigenvalue weighted by Gasteiger charge is -2.30. The number of likely N-dealkylation sites (tertiary alicyclic amines) is 1. The van der Waals surface area contributed by atoms with Crippen LogP contribution in [0, 0.1) is 35.6 Å². The van der Waals surface area contributed by atoms with Gasteiger partial charge in [0.2, 0.25) is 0 Å². The molecule has 2 rings (SSSR count). The van der Waals surface area contributed by atoms with Gasteiger partial charge in [0.05, 0.1) is 0 Å². The second-order valence-corrected chi connectivity index (χ2v) is 5.47. The van der Waals surface area contributed by atoms with Gasteiger partial charge in [0.25, 0.3) is 0 Å². The van der Waals surface area contributed by atoms with Crippen LogP contribution >= 0.6 is 0 Å². The van der Waals surface area contributed by atoms with E-state index in [2.05, 4.69) is 38.6 Å². The van der Waals surface area contributed by atoms with E-state index in [0.717, 1.165) is 18.4 Å². The van der Waals surface area contributed by atoms with Crippen LogP contribution in [0.3, 0.4) is 0 Å². The molecule has 0 bridgehead atoms. The lowest BCUT2D eigenvalue weighted by atomic mass is 9.93. The summed E-state index contributed by atoms with van der Waals surface area (Å²) in [7, 11) is 0. The van der Waals surface area contributed by atoms with Crippen molar-refractivity contribution in [3.8, 4) is 12.5 Å². The van der Waals surface area contributed by atoms with Crippen LogP contribution in [0.15, 0.2) is 0 Å². The van der Waals surface area contributed by atoms with Crippen molar-refractivity contribution in [2.75, 3.05) is 6.54 Å². The van der Waals surface area contributed by atoms with Crippen molar-refractivity contribution in [2.24, 2.45) is 23.2 Å². The summed E-state index contributed by atoms with van der Waals surface area (Å²) in [6.45, 7) is 10.5. The molecule has 1 saturated heterocycles. The van der Waals surface area contributed by atoms with Gasteiger partial charge in [0.15, 0.2) is 0 Å². The van der Waals surface area contributed by atoms with E-state index < -0.39 is 0 Å². The largest absolute Gasteiger partial charge is 0.329 e. The molecular formula is C12H19N. The van der Waals surface area contributed by atoms with Crippen LogP contribution in [-0.4, -0.2) is 17.5 Å². The van der Waals surface area contributed by atoms with E-state index in [-0.39, 0.29) is 0 Å². The third-order valence-electron chi connectivity index (χ3n) is 4.11. The Morgan fingerprint density at radius 2 is 2.08 bits per heavy atom. The van der Waals surface area contributed by atoms with Crippen molar-refractivity contribution in [2.45, 2.75) is 33.7 Å². The highest BCUT2D eigenvalue weighted by atomic mass is 15.2. The first-order valence-electron chi connectivity index (χ1n) is 5.23. The quantitative estimate of drug-likeness (QED) is 0.555. The Morgan fingerprint density at radius 3 is 2.54 bits per heavy atom. The SMILES string of the molecule is C#CN1CC2C(C1C(C)C)C2(C)C. The van der Waals surface area contributed by atoms with Crippen LogP contribution in [0.1, 0.15) is 27.7 Å². The molecule has 0 N–H and O–H groups in total. The smallest absolute Gasteiger partial charge is 0.0431 e. The molecule has 13 heavy (non-hydrogen) atoms. The Kier molecular flexibility index (Phi) is 1.68. The molecule has 0 radical (unpaired) electrons. The summed E-state index contributed by atoms with van der Waals surface area (Å²) in [6.07, 6.45) is 5.51. The van der Waals surface area contributed by atoms with Crippen molar-refractivity contribution in [3.05, 3.63) is 0 Å². The van der Waals surface area contributed by atoms with Crippen LogP contribution < -0.4 is 0 Å².